The predicted octanol–water partition coefficient (Wildman–Crippen LogP) is 3.14. The van der Waals surface area contributed by atoms with Gasteiger partial charge in [0.2, 0.25) is 0 Å². The van der Waals surface area contributed by atoms with Gasteiger partial charge >= 0.3 is 24.1 Å². The number of carbonyl (C=O) groups is 4. The minimum absolute atomic E-state index is 0.000962. The number of nitrogens with zero attached hydrogens (tertiary/aromatic N) is 6. The molecule has 0 aromatic carbocycles. The van der Waals surface area contributed by atoms with Gasteiger partial charge in [0.05, 0.1) is 19.7 Å². The first kappa shape index (κ1) is 30.4. The maximum atomic E-state index is 12.0. The molecule has 14 heteroatoms. The van der Waals surface area contributed by atoms with Crippen molar-refractivity contribution < 1.29 is 38.5 Å². The third kappa shape index (κ3) is 8.20. The molecule has 0 radical (unpaired) electrons. The molecule has 2 aliphatic rings. The number of hydrogen-bond donors (Lipinski definition) is 1. The molecule has 0 fully saturated rings. The van der Waals surface area contributed by atoms with Crippen molar-refractivity contribution in [3.8, 4) is 0 Å². The summed E-state index contributed by atoms with van der Waals surface area (Å²) in [5, 5.41) is 8.88. The van der Waals surface area contributed by atoms with Crippen LogP contribution in [-0.4, -0.2) is 89.0 Å². The van der Waals surface area contributed by atoms with Crippen molar-refractivity contribution in [2.75, 3.05) is 19.7 Å². The molecule has 0 unspecified atom stereocenters. The van der Waals surface area contributed by atoms with Crippen LogP contribution in [0.4, 0.5) is 9.59 Å². The van der Waals surface area contributed by atoms with E-state index in [-0.39, 0.29) is 24.0 Å². The van der Waals surface area contributed by atoms with Crippen molar-refractivity contribution in [1.82, 2.24) is 28.9 Å². The van der Waals surface area contributed by atoms with E-state index in [9.17, 15) is 19.2 Å². The largest absolute Gasteiger partial charge is 0.476 e. The van der Waals surface area contributed by atoms with Crippen molar-refractivity contribution in [3.05, 3.63) is 35.4 Å². The molecule has 4 rings (SSSR count). The third-order valence-electron chi connectivity index (χ3n) is 5.61. The molecule has 0 spiro atoms. The summed E-state index contributed by atoms with van der Waals surface area (Å²) in [6.07, 6.45) is 2.39. The van der Waals surface area contributed by atoms with Crippen LogP contribution in [0.2, 0.25) is 0 Å². The molecule has 220 valence electrons. The lowest BCUT2D eigenvalue weighted by atomic mass is 10.2. The number of hydrogen-bond acceptors (Lipinski definition) is 9. The van der Waals surface area contributed by atoms with Crippen LogP contribution in [0.25, 0.3) is 0 Å². The topological polar surface area (TPSA) is 158 Å². The number of carboxylic acid groups (broad SMARTS) is 1. The Morgan fingerprint density at radius 3 is 1.60 bits per heavy atom. The zero-order valence-corrected chi connectivity index (χ0v) is 24.1. The third-order valence-corrected chi connectivity index (χ3v) is 5.61. The van der Waals surface area contributed by atoms with Crippen LogP contribution in [-0.2, 0) is 40.4 Å². The van der Waals surface area contributed by atoms with E-state index in [4.69, 9.17) is 19.3 Å². The minimum Gasteiger partial charge on any atom is -0.476 e. The number of carbonyl (C=O) groups excluding carboxylic acids is 3. The average Bonchev–Trinajstić information content (AvgIpc) is 3.46. The van der Waals surface area contributed by atoms with Gasteiger partial charge in [-0.2, -0.15) is 0 Å². The van der Waals surface area contributed by atoms with Crippen molar-refractivity contribution >= 4 is 24.1 Å². The van der Waals surface area contributed by atoms with Crippen LogP contribution in [0, 0.1) is 0 Å². The number of fused-ring (bicyclic) bond motifs is 2. The maximum Gasteiger partial charge on any atom is 0.410 e. The van der Waals surface area contributed by atoms with Gasteiger partial charge in [-0.05, 0) is 48.5 Å². The van der Waals surface area contributed by atoms with Gasteiger partial charge in [-0.1, -0.05) is 0 Å². The standard InChI is InChI=1S/C14H21N3O4.C12H17N3O4/c1-5-20-12(18)10-8-16-6-7-17(9-11(16)15-10)13(19)21-14(2,3)4;1-12(2,3)19-11(18)15-5-4-14-6-8(10(16)17)13-9(14)7-15/h8H,5-7,9H2,1-4H3;6H,4-5,7H2,1-3H3,(H,16,17). The molecular formula is C26H38N6O8. The first-order chi connectivity index (χ1) is 18.6. The Kier molecular flexibility index (Phi) is 9.10. The van der Waals surface area contributed by atoms with Crippen LogP contribution in [0.1, 0.15) is 81.1 Å². The number of esters is 1. The van der Waals surface area contributed by atoms with Crippen molar-refractivity contribution in [3.63, 3.8) is 0 Å². The van der Waals surface area contributed by atoms with Crippen LogP contribution >= 0.6 is 0 Å². The normalized spacial score (nSPS) is 14.8. The molecule has 0 saturated heterocycles. The highest BCUT2D eigenvalue weighted by Gasteiger charge is 2.29. The van der Waals surface area contributed by atoms with E-state index in [0.29, 0.717) is 51.0 Å². The van der Waals surface area contributed by atoms with Crippen molar-refractivity contribution in [1.29, 1.82) is 0 Å². The van der Waals surface area contributed by atoms with Crippen LogP contribution in [0.15, 0.2) is 12.4 Å². The molecule has 2 aliphatic heterocycles. The van der Waals surface area contributed by atoms with Gasteiger partial charge in [0, 0.05) is 38.6 Å². The summed E-state index contributed by atoms with van der Waals surface area (Å²) in [5.74, 6) is -0.279. The Labute approximate surface area is 232 Å². The number of aromatic nitrogens is 4. The fourth-order valence-electron chi connectivity index (χ4n) is 3.88. The molecule has 2 aromatic heterocycles. The second kappa shape index (κ2) is 12.0. The molecular weight excluding hydrogens is 524 g/mol. The molecule has 1 N–H and O–H groups in total. The molecule has 0 atom stereocenters. The number of ether oxygens (including phenoxy) is 3. The van der Waals surface area contributed by atoms with Gasteiger partial charge in [-0.3, -0.25) is 9.80 Å². The molecule has 14 nitrogen and oxygen atoms in total. The first-order valence-corrected chi connectivity index (χ1v) is 13.0. The maximum absolute atomic E-state index is 12.0. The van der Waals surface area contributed by atoms with Gasteiger partial charge in [-0.25, -0.2) is 29.1 Å². The number of rotatable bonds is 3. The zero-order valence-electron chi connectivity index (χ0n) is 24.1. The van der Waals surface area contributed by atoms with Gasteiger partial charge < -0.3 is 28.5 Å². The molecule has 0 aliphatic carbocycles. The molecule has 4 heterocycles. The monoisotopic (exact) mass is 562 g/mol. The van der Waals surface area contributed by atoms with Gasteiger partial charge in [0.15, 0.2) is 11.4 Å². The summed E-state index contributed by atoms with van der Waals surface area (Å²) < 4.78 is 19.2. The quantitative estimate of drug-likeness (QED) is 0.435. The average molecular weight is 563 g/mol. The Balaban J connectivity index is 0.000000222. The summed E-state index contributed by atoms with van der Waals surface area (Å²) in [6.45, 7) is 15.7. The highest BCUT2D eigenvalue weighted by molar-refractivity contribution is 5.87. The Morgan fingerprint density at radius 1 is 0.775 bits per heavy atom. The molecule has 0 bridgehead atoms. The minimum atomic E-state index is -1.06. The van der Waals surface area contributed by atoms with Crippen molar-refractivity contribution in [2.24, 2.45) is 0 Å². The molecule has 0 saturated carbocycles. The Hall–Kier alpha value is -4.10. The number of aromatic carboxylic acids is 1. The highest BCUT2D eigenvalue weighted by atomic mass is 16.6. The summed E-state index contributed by atoms with van der Waals surface area (Å²) >= 11 is 0. The van der Waals surface area contributed by atoms with Crippen LogP contribution in [0.5, 0.6) is 0 Å². The van der Waals surface area contributed by atoms with Crippen LogP contribution < -0.4 is 0 Å². The number of amides is 2. The first-order valence-electron chi connectivity index (χ1n) is 13.0. The lowest BCUT2D eigenvalue weighted by Crippen LogP contribution is -2.41. The second-order valence-electron chi connectivity index (χ2n) is 11.3. The summed E-state index contributed by atoms with van der Waals surface area (Å²) in [4.78, 5) is 57.8. The SMILES string of the molecule is CC(C)(C)OC(=O)N1CCn2cc(C(=O)O)nc2C1.CCOC(=O)c1cn2c(n1)CN(C(=O)OC(C)(C)C)CC2. The smallest absolute Gasteiger partial charge is 0.410 e. The van der Waals surface area contributed by atoms with E-state index >= 15 is 0 Å². The van der Waals surface area contributed by atoms with Gasteiger partial charge in [0.1, 0.15) is 22.9 Å². The summed E-state index contributed by atoms with van der Waals surface area (Å²) in [5.41, 5.74) is -0.796. The molecule has 2 aromatic rings. The van der Waals surface area contributed by atoms with E-state index in [1.807, 2.05) is 25.3 Å². The Morgan fingerprint density at radius 2 is 1.20 bits per heavy atom. The molecule has 2 amide bonds. The van der Waals surface area contributed by atoms with Gasteiger partial charge in [0.25, 0.3) is 0 Å². The Bertz CT molecular complexity index is 1250. The predicted molar refractivity (Wildman–Crippen MR) is 141 cm³/mol. The van der Waals surface area contributed by atoms with Crippen molar-refractivity contribution in [2.45, 2.75) is 85.8 Å². The summed E-state index contributed by atoms with van der Waals surface area (Å²) in [6, 6.07) is 0. The zero-order chi connectivity index (χ0) is 29.8. The number of carboxylic acids is 1. The molecule has 40 heavy (non-hydrogen) atoms. The van der Waals surface area contributed by atoms with E-state index in [1.165, 1.54) is 11.1 Å². The second-order valence-corrected chi connectivity index (χ2v) is 11.3. The van der Waals surface area contributed by atoms with E-state index < -0.39 is 29.2 Å². The van der Waals surface area contributed by atoms with E-state index in [1.54, 1.807) is 43.4 Å². The number of imidazole rings is 2. The fourth-order valence-corrected chi connectivity index (χ4v) is 3.88. The van der Waals surface area contributed by atoms with Crippen LogP contribution in [0.3, 0.4) is 0 Å². The lowest BCUT2D eigenvalue weighted by molar-refractivity contribution is 0.0185. The fraction of sp³-hybridized carbons (Fsp3) is 0.615. The summed E-state index contributed by atoms with van der Waals surface area (Å²) in [7, 11) is 0. The van der Waals surface area contributed by atoms with E-state index in [2.05, 4.69) is 9.97 Å². The van der Waals surface area contributed by atoms with E-state index in [0.717, 1.165) is 0 Å². The van der Waals surface area contributed by atoms with Gasteiger partial charge in [-0.15, -0.1) is 0 Å². The highest BCUT2D eigenvalue weighted by Crippen LogP contribution is 2.18. The lowest BCUT2D eigenvalue weighted by Gasteiger charge is -2.30.